The van der Waals surface area contributed by atoms with E-state index in [1.54, 1.807) is 4.90 Å². The Bertz CT molecular complexity index is 441. The highest BCUT2D eigenvalue weighted by atomic mass is 16.2. The molecule has 21 heavy (non-hydrogen) atoms. The second-order valence-corrected chi connectivity index (χ2v) is 7.10. The van der Waals surface area contributed by atoms with Crippen LogP contribution in [0.2, 0.25) is 0 Å². The second kappa shape index (κ2) is 5.27. The summed E-state index contributed by atoms with van der Waals surface area (Å²) in [4.78, 5) is 31.2. The first-order valence-electron chi connectivity index (χ1n) is 8.58. The van der Waals surface area contributed by atoms with Crippen LogP contribution in [0, 0.1) is 5.92 Å². The molecule has 2 aliphatic carbocycles. The van der Waals surface area contributed by atoms with Crippen LogP contribution in [0.4, 0.5) is 0 Å². The molecular formula is C16H25N3O2. The Morgan fingerprint density at radius 1 is 0.762 bits per heavy atom. The van der Waals surface area contributed by atoms with Crippen LogP contribution < -0.4 is 0 Å². The Balaban J connectivity index is 1.35. The molecule has 116 valence electrons. The monoisotopic (exact) mass is 291 g/mol. The number of nitrogens with zero attached hydrogens (tertiary/aromatic N) is 3. The molecule has 5 nitrogen and oxygen atoms in total. The first-order chi connectivity index (χ1) is 10.2. The van der Waals surface area contributed by atoms with Gasteiger partial charge in [-0.05, 0) is 38.0 Å². The van der Waals surface area contributed by atoms with Gasteiger partial charge in [0.05, 0.1) is 0 Å². The van der Waals surface area contributed by atoms with Crippen molar-refractivity contribution in [3.05, 3.63) is 0 Å². The van der Waals surface area contributed by atoms with E-state index < -0.39 is 0 Å². The SMILES string of the molecule is O=C(C(=O)N1CCC2CCCC21)N1CCN(C2CC2)CC1. The molecule has 0 spiro atoms. The smallest absolute Gasteiger partial charge is 0.312 e. The van der Waals surface area contributed by atoms with Crippen molar-refractivity contribution in [3.63, 3.8) is 0 Å². The van der Waals surface area contributed by atoms with Crippen LogP contribution in [0.15, 0.2) is 0 Å². The molecule has 2 atom stereocenters. The normalized spacial score (nSPS) is 33.3. The summed E-state index contributed by atoms with van der Waals surface area (Å²) >= 11 is 0. The molecule has 2 heterocycles. The van der Waals surface area contributed by atoms with Gasteiger partial charge in [0, 0.05) is 44.8 Å². The highest BCUT2D eigenvalue weighted by Crippen LogP contribution is 2.37. The highest BCUT2D eigenvalue weighted by Gasteiger charge is 2.43. The average molecular weight is 291 g/mol. The zero-order chi connectivity index (χ0) is 14.4. The van der Waals surface area contributed by atoms with Gasteiger partial charge in [0.1, 0.15) is 0 Å². The fourth-order valence-electron chi connectivity index (χ4n) is 4.48. The first kappa shape index (κ1) is 13.6. The summed E-state index contributed by atoms with van der Waals surface area (Å²) in [6.45, 7) is 4.12. The van der Waals surface area contributed by atoms with Gasteiger partial charge in [-0.1, -0.05) is 6.42 Å². The lowest BCUT2D eigenvalue weighted by Crippen LogP contribution is -2.54. The van der Waals surface area contributed by atoms with Gasteiger partial charge in [-0.15, -0.1) is 0 Å². The fourth-order valence-corrected chi connectivity index (χ4v) is 4.48. The third-order valence-corrected chi connectivity index (χ3v) is 5.87. The van der Waals surface area contributed by atoms with E-state index >= 15 is 0 Å². The van der Waals surface area contributed by atoms with Gasteiger partial charge in [-0.2, -0.15) is 0 Å². The van der Waals surface area contributed by atoms with Crippen LogP contribution in [-0.2, 0) is 9.59 Å². The van der Waals surface area contributed by atoms with Gasteiger partial charge < -0.3 is 9.80 Å². The number of piperazine rings is 1. The lowest BCUT2D eigenvalue weighted by Gasteiger charge is -2.35. The van der Waals surface area contributed by atoms with E-state index in [1.165, 1.54) is 25.7 Å². The molecule has 0 aromatic carbocycles. The minimum absolute atomic E-state index is 0.232. The fraction of sp³-hybridized carbons (Fsp3) is 0.875. The molecule has 0 aromatic heterocycles. The summed E-state index contributed by atoms with van der Waals surface area (Å²) < 4.78 is 0. The number of amides is 2. The maximum absolute atomic E-state index is 12.5. The number of hydrogen-bond donors (Lipinski definition) is 0. The molecule has 0 bridgehead atoms. The van der Waals surface area contributed by atoms with Crippen molar-refractivity contribution in [1.29, 1.82) is 0 Å². The zero-order valence-electron chi connectivity index (χ0n) is 12.7. The Hall–Kier alpha value is -1.10. The van der Waals surface area contributed by atoms with Crippen LogP contribution in [0.1, 0.15) is 38.5 Å². The Kier molecular flexibility index (Phi) is 3.40. The van der Waals surface area contributed by atoms with Crippen LogP contribution in [0.5, 0.6) is 0 Å². The Labute approximate surface area is 126 Å². The Morgan fingerprint density at radius 2 is 1.52 bits per heavy atom. The Morgan fingerprint density at radius 3 is 2.24 bits per heavy atom. The lowest BCUT2D eigenvalue weighted by atomic mass is 10.0. The number of likely N-dealkylation sites (tertiary alicyclic amines) is 1. The summed E-state index contributed by atoms with van der Waals surface area (Å²) in [5.74, 6) is 0.177. The summed E-state index contributed by atoms with van der Waals surface area (Å²) in [6.07, 6.45) is 7.27. The molecule has 4 aliphatic rings. The maximum atomic E-state index is 12.5. The van der Waals surface area contributed by atoms with Gasteiger partial charge >= 0.3 is 11.8 Å². The van der Waals surface area contributed by atoms with E-state index in [-0.39, 0.29) is 11.8 Å². The predicted molar refractivity (Wildman–Crippen MR) is 78.6 cm³/mol. The third-order valence-electron chi connectivity index (χ3n) is 5.87. The molecule has 0 N–H and O–H groups in total. The number of hydrogen-bond acceptors (Lipinski definition) is 3. The van der Waals surface area contributed by atoms with E-state index in [0.29, 0.717) is 12.0 Å². The van der Waals surface area contributed by atoms with Crippen LogP contribution in [-0.4, -0.2) is 71.3 Å². The molecule has 0 aromatic rings. The molecule has 2 unspecified atom stereocenters. The quantitative estimate of drug-likeness (QED) is 0.668. The maximum Gasteiger partial charge on any atom is 0.312 e. The standard InChI is InChI=1S/C16H25N3O2/c20-15(18-10-8-17(9-11-18)13-4-5-13)16(21)19-7-6-12-2-1-3-14(12)19/h12-14H,1-11H2. The van der Waals surface area contributed by atoms with Crippen molar-refractivity contribution < 1.29 is 9.59 Å². The van der Waals surface area contributed by atoms with Crippen LogP contribution >= 0.6 is 0 Å². The molecule has 2 amide bonds. The van der Waals surface area contributed by atoms with Gasteiger partial charge in [0.2, 0.25) is 0 Å². The summed E-state index contributed by atoms with van der Waals surface area (Å²) in [5, 5.41) is 0. The molecule has 0 radical (unpaired) electrons. The van der Waals surface area contributed by atoms with Crippen molar-refractivity contribution in [2.24, 2.45) is 5.92 Å². The van der Waals surface area contributed by atoms with E-state index in [1.807, 2.05) is 4.90 Å². The molecule has 2 saturated heterocycles. The molecular weight excluding hydrogens is 266 g/mol. The first-order valence-corrected chi connectivity index (χ1v) is 8.58. The van der Waals surface area contributed by atoms with Gasteiger partial charge in [0.25, 0.3) is 0 Å². The second-order valence-electron chi connectivity index (χ2n) is 7.10. The topological polar surface area (TPSA) is 43.9 Å². The summed E-state index contributed by atoms with van der Waals surface area (Å²) in [6, 6.07) is 1.12. The van der Waals surface area contributed by atoms with Crippen LogP contribution in [0.25, 0.3) is 0 Å². The molecule has 4 fully saturated rings. The van der Waals surface area contributed by atoms with Crippen molar-refractivity contribution in [2.45, 2.75) is 50.6 Å². The van der Waals surface area contributed by atoms with Crippen molar-refractivity contribution in [1.82, 2.24) is 14.7 Å². The van der Waals surface area contributed by atoms with Gasteiger partial charge in [-0.3, -0.25) is 14.5 Å². The van der Waals surface area contributed by atoms with E-state index in [2.05, 4.69) is 4.90 Å². The van der Waals surface area contributed by atoms with E-state index in [9.17, 15) is 9.59 Å². The van der Waals surface area contributed by atoms with Crippen molar-refractivity contribution in [2.75, 3.05) is 32.7 Å². The van der Waals surface area contributed by atoms with Crippen molar-refractivity contribution in [3.8, 4) is 0 Å². The number of carbonyl (C=O) groups excluding carboxylic acids is 2. The lowest BCUT2D eigenvalue weighted by molar-refractivity contribution is -0.153. The number of rotatable bonds is 1. The largest absolute Gasteiger partial charge is 0.332 e. The van der Waals surface area contributed by atoms with Crippen LogP contribution in [0.3, 0.4) is 0 Å². The molecule has 2 saturated carbocycles. The number of carbonyl (C=O) groups is 2. The number of fused-ring (bicyclic) bond motifs is 1. The van der Waals surface area contributed by atoms with Gasteiger partial charge in [0.15, 0.2) is 0 Å². The van der Waals surface area contributed by atoms with Crippen molar-refractivity contribution >= 4 is 11.8 Å². The van der Waals surface area contributed by atoms with E-state index in [4.69, 9.17) is 0 Å². The zero-order valence-corrected chi connectivity index (χ0v) is 12.7. The van der Waals surface area contributed by atoms with Gasteiger partial charge in [-0.25, -0.2) is 0 Å². The summed E-state index contributed by atoms with van der Waals surface area (Å²) in [5.41, 5.74) is 0. The minimum atomic E-state index is -0.252. The van der Waals surface area contributed by atoms with E-state index in [0.717, 1.165) is 51.6 Å². The molecule has 4 rings (SSSR count). The minimum Gasteiger partial charge on any atom is -0.332 e. The summed E-state index contributed by atoms with van der Waals surface area (Å²) in [7, 11) is 0. The molecule has 5 heteroatoms. The third kappa shape index (κ3) is 2.45. The predicted octanol–water partition coefficient (Wildman–Crippen LogP) is 0.694. The molecule has 2 aliphatic heterocycles. The highest BCUT2D eigenvalue weighted by molar-refractivity contribution is 6.35. The average Bonchev–Trinajstić information content (AvgIpc) is 3.12.